The molecule has 2 aliphatic heterocycles. The van der Waals surface area contributed by atoms with Gasteiger partial charge in [0.1, 0.15) is 0 Å². The Balaban J connectivity index is 1.69. The Kier molecular flexibility index (Phi) is 5.90. The van der Waals surface area contributed by atoms with Crippen LogP contribution >= 0.6 is 11.6 Å². The predicted octanol–water partition coefficient (Wildman–Crippen LogP) is 3.15. The fourth-order valence-electron chi connectivity index (χ4n) is 4.21. The summed E-state index contributed by atoms with van der Waals surface area (Å²) in [6.07, 6.45) is 4.91. The maximum atomic E-state index is 13.1. The van der Waals surface area contributed by atoms with E-state index in [0.717, 1.165) is 36.1 Å². The Morgan fingerprint density at radius 2 is 2.10 bits per heavy atom. The summed E-state index contributed by atoms with van der Waals surface area (Å²) in [4.78, 5) is 39.8. The Labute approximate surface area is 181 Å². The van der Waals surface area contributed by atoms with E-state index in [9.17, 15) is 9.59 Å². The van der Waals surface area contributed by atoms with Gasteiger partial charge >= 0.3 is 0 Å². The molecule has 0 radical (unpaired) electrons. The number of benzene rings is 1. The third kappa shape index (κ3) is 4.12. The molecule has 0 bridgehead atoms. The molecule has 1 atom stereocenters. The fraction of sp³-hybridized carbons (Fsp3) is 0.455. The molecule has 30 heavy (non-hydrogen) atoms. The molecule has 8 heteroatoms. The highest BCUT2D eigenvalue weighted by atomic mass is 35.5. The summed E-state index contributed by atoms with van der Waals surface area (Å²) < 4.78 is 0. The van der Waals surface area contributed by atoms with E-state index in [1.165, 1.54) is 0 Å². The fourth-order valence-corrected chi connectivity index (χ4v) is 4.40. The van der Waals surface area contributed by atoms with Crippen molar-refractivity contribution in [2.75, 3.05) is 38.6 Å². The van der Waals surface area contributed by atoms with Crippen LogP contribution in [0, 0.1) is 0 Å². The minimum absolute atomic E-state index is 0.0187. The van der Waals surface area contributed by atoms with Gasteiger partial charge in [0, 0.05) is 50.4 Å². The maximum Gasteiger partial charge on any atom is 0.242 e. The van der Waals surface area contributed by atoms with Crippen LogP contribution in [0.25, 0.3) is 11.1 Å². The monoisotopic (exact) mass is 427 g/mol. The lowest BCUT2D eigenvalue weighted by atomic mass is 10.00. The van der Waals surface area contributed by atoms with E-state index in [4.69, 9.17) is 16.6 Å². The van der Waals surface area contributed by atoms with E-state index in [1.54, 1.807) is 4.90 Å². The Bertz CT molecular complexity index is 964. The molecule has 3 heterocycles. The normalized spacial score (nSPS) is 18.9. The van der Waals surface area contributed by atoms with Gasteiger partial charge in [-0.1, -0.05) is 23.7 Å². The van der Waals surface area contributed by atoms with Crippen molar-refractivity contribution in [1.82, 2.24) is 19.8 Å². The zero-order chi connectivity index (χ0) is 21.3. The summed E-state index contributed by atoms with van der Waals surface area (Å²) in [5.74, 6) is 0.648. The Hall–Kier alpha value is -2.67. The highest BCUT2D eigenvalue weighted by molar-refractivity contribution is 6.30. The van der Waals surface area contributed by atoms with E-state index in [1.807, 2.05) is 54.4 Å². The largest absolute Gasteiger partial charge is 0.347 e. The Morgan fingerprint density at radius 3 is 2.80 bits per heavy atom. The van der Waals surface area contributed by atoms with Crippen molar-refractivity contribution >= 4 is 29.4 Å². The first kappa shape index (κ1) is 20.6. The van der Waals surface area contributed by atoms with Gasteiger partial charge in [-0.05, 0) is 37.0 Å². The van der Waals surface area contributed by atoms with Crippen molar-refractivity contribution in [3.8, 4) is 11.1 Å². The highest BCUT2D eigenvalue weighted by Crippen LogP contribution is 2.37. The first-order valence-electron chi connectivity index (χ1n) is 10.3. The summed E-state index contributed by atoms with van der Waals surface area (Å²) in [6, 6.07) is 7.46. The van der Waals surface area contributed by atoms with Gasteiger partial charge in [0.25, 0.3) is 0 Å². The second kappa shape index (κ2) is 8.60. The minimum Gasteiger partial charge on any atom is -0.347 e. The standard InChI is InChI=1S/C22H26ClN5O2/c1-26(2)22-24-13-17(15-6-3-7-16(23)12-15)21(25-22)18-8-4-11-28(18)20(30)14-27-10-5-9-19(27)29/h3,6-7,12-13,18H,4-5,8-11,14H2,1-2H3. The zero-order valence-corrected chi connectivity index (χ0v) is 18.1. The molecule has 7 nitrogen and oxygen atoms in total. The van der Waals surface area contributed by atoms with Gasteiger partial charge in [0.05, 0.1) is 18.3 Å². The van der Waals surface area contributed by atoms with E-state index in [2.05, 4.69) is 4.98 Å². The number of aromatic nitrogens is 2. The molecule has 0 spiro atoms. The van der Waals surface area contributed by atoms with E-state index >= 15 is 0 Å². The number of carbonyl (C=O) groups is 2. The van der Waals surface area contributed by atoms with E-state index in [0.29, 0.717) is 30.5 Å². The van der Waals surface area contributed by atoms with Gasteiger partial charge in [-0.25, -0.2) is 9.97 Å². The maximum absolute atomic E-state index is 13.1. The summed E-state index contributed by atoms with van der Waals surface area (Å²) >= 11 is 6.23. The van der Waals surface area contributed by atoms with Gasteiger partial charge in [-0.3, -0.25) is 9.59 Å². The molecule has 0 aliphatic carbocycles. The molecule has 1 aromatic heterocycles. The van der Waals surface area contributed by atoms with Gasteiger partial charge in [0.2, 0.25) is 17.8 Å². The number of hydrogen-bond donors (Lipinski definition) is 0. The van der Waals surface area contributed by atoms with E-state index in [-0.39, 0.29) is 24.4 Å². The molecule has 1 unspecified atom stereocenters. The molecule has 2 amide bonds. The van der Waals surface area contributed by atoms with E-state index < -0.39 is 0 Å². The molecule has 2 saturated heterocycles. The highest BCUT2D eigenvalue weighted by Gasteiger charge is 2.35. The molecular formula is C22H26ClN5O2. The number of likely N-dealkylation sites (tertiary alicyclic amines) is 2. The summed E-state index contributed by atoms with van der Waals surface area (Å²) in [5, 5.41) is 0.641. The lowest BCUT2D eigenvalue weighted by molar-refractivity contribution is -0.139. The molecule has 4 rings (SSSR count). The number of anilines is 1. The molecule has 0 N–H and O–H groups in total. The number of nitrogens with zero attached hydrogens (tertiary/aromatic N) is 5. The van der Waals surface area contributed by atoms with Crippen molar-refractivity contribution in [2.24, 2.45) is 0 Å². The van der Waals surface area contributed by atoms with Crippen LogP contribution < -0.4 is 4.90 Å². The number of rotatable bonds is 5. The lowest BCUT2D eigenvalue weighted by Gasteiger charge is -2.28. The number of carbonyl (C=O) groups excluding carboxylic acids is 2. The van der Waals surface area contributed by atoms with Crippen molar-refractivity contribution in [1.29, 1.82) is 0 Å². The number of halogens is 1. The van der Waals surface area contributed by atoms with Crippen LogP contribution in [0.2, 0.25) is 5.02 Å². The number of amides is 2. The van der Waals surface area contributed by atoms with Crippen molar-refractivity contribution < 1.29 is 9.59 Å². The third-order valence-corrected chi connectivity index (χ3v) is 5.96. The van der Waals surface area contributed by atoms with Gasteiger partial charge in [-0.15, -0.1) is 0 Å². The first-order valence-corrected chi connectivity index (χ1v) is 10.7. The van der Waals surface area contributed by atoms with Crippen LogP contribution in [0.3, 0.4) is 0 Å². The molecule has 2 aliphatic rings. The first-order chi connectivity index (χ1) is 14.4. The SMILES string of the molecule is CN(C)c1ncc(-c2cccc(Cl)c2)c(C2CCCN2C(=O)CN2CCCC2=O)n1. The van der Waals surface area contributed by atoms with Crippen LogP contribution in [0.5, 0.6) is 0 Å². The van der Waals surface area contributed by atoms with Crippen molar-refractivity contribution in [2.45, 2.75) is 31.7 Å². The van der Waals surface area contributed by atoms with Crippen LogP contribution in [-0.4, -0.2) is 65.3 Å². The third-order valence-electron chi connectivity index (χ3n) is 5.73. The average molecular weight is 428 g/mol. The van der Waals surface area contributed by atoms with Crippen LogP contribution in [-0.2, 0) is 9.59 Å². The van der Waals surface area contributed by atoms with Gasteiger partial charge in [-0.2, -0.15) is 0 Å². The summed E-state index contributed by atoms with van der Waals surface area (Å²) in [6.45, 7) is 1.48. The predicted molar refractivity (Wildman–Crippen MR) is 116 cm³/mol. The zero-order valence-electron chi connectivity index (χ0n) is 17.3. The van der Waals surface area contributed by atoms with Crippen molar-refractivity contribution in [3.63, 3.8) is 0 Å². The summed E-state index contributed by atoms with van der Waals surface area (Å²) in [7, 11) is 3.80. The molecule has 158 valence electrons. The lowest BCUT2D eigenvalue weighted by Crippen LogP contribution is -2.40. The van der Waals surface area contributed by atoms with Gasteiger partial charge < -0.3 is 14.7 Å². The second-order valence-corrected chi connectivity index (χ2v) is 8.47. The average Bonchev–Trinajstić information content (AvgIpc) is 3.37. The second-order valence-electron chi connectivity index (χ2n) is 8.04. The Morgan fingerprint density at radius 1 is 1.27 bits per heavy atom. The minimum atomic E-state index is -0.147. The molecule has 2 aromatic rings. The molecule has 1 aromatic carbocycles. The topological polar surface area (TPSA) is 69.6 Å². The van der Waals surface area contributed by atoms with Crippen LogP contribution in [0.15, 0.2) is 30.5 Å². The quantitative estimate of drug-likeness (QED) is 0.733. The summed E-state index contributed by atoms with van der Waals surface area (Å²) in [5.41, 5.74) is 2.64. The molecule has 0 saturated carbocycles. The molecular weight excluding hydrogens is 402 g/mol. The van der Waals surface area contributed by atoms with Gasteiger partial charge in [0.15, 0.2) is 0 Å². The smallest absolute Gasteiger partial charge is 0.242 e. The van der Waals surface area contributed by atoms with Crippen LogP contribution in [0.1, 0.15) is 37.4 Å². The van der Waals surface area contributed by atoms with Crippen LogP contribution in [0.4, 0.5) is 5.95 Å². The number of hydrogen-bond acceptors (Lipinski definition) is 5. The van der Waals surface area contributed by atoms with Crippen molar-refractivity contribution in [3.05, 3.63) is 41.2 Å². The molecule has 2 fully saturated rings.